The van der Waals surface area contributed by atoms with E-state index in [2.05, 4.69) is 70.4 Å². The molecule has 0 bridgehead atoms. The van der Waals surface area contributed by atoms with E-state index in [1.807, 2.05) is 0 Å². The van der Waals surface area contributed by atoms with Gasteiger partial charge >= 0.3 is 0 Å². The lowest BCUT2D eigenvalue weighted by Gasteiger charge is -2.22. The molecule has 1 aromatic carbocycles. The Bertz CT molecular complexity index is 599. The maximum absolute atomic E-state index is 4.87. The molecule has 21 heavy (non-hydrogen) atoms. The zero-order valence-electron chi connectivity index (χ0n) is 13.9. The number of nitrogens with zero attached hydrogens (tertiary/aromatic N) is 1. The summed E-state index contributed by atoms with van der Waals surface area (Å²) in [5.74, 6) is 0.480. The van der Waals surface area contributed by atoms with Crippen LogP contribution < -0.4 is 5.32 Å². The highest BCUT2D eigenvalue weighted by molar-refractivity contribution is 7.09. The minimum atomic E-state index is 0.183. The molecule has 0 aliphatic rings. The van der Waals surface area contributed by atoms with Gasteiger partial charge in [-0.1, -0.05) is 32.0 Å². The molecule has 2 aromatic rings. The summed E-state index contributed by atoms with van der Waals surface area (Å²) in [7, 11) is 0. The first kappa shape index (κ1) is 16.2. The van der Waals surface area contributed by atoms with Gasteiger partial charge in [-0.05, 0) is 50.3 Å². The second-order valence-electron chi connectivity index (χ2n) is 6.31. The molecule has 0 fully saturated rings. The average molecular weight is 302 g/mol. The summed E-state index contributed by atoms with van der Waals surface area (Å²) in [5, 5.41) is 7.04. The molecule has 2 rings (SSSR count). The largest absolute Gasteiger partial charge is 0.302 e. The normalized spacial score (nSPS) is 13.1. The van der Waals surface area contributed by atoms with Crippen molar-refractivity contribution in [3.8, 4) is 0 Å². The summed E-state index contributed by atoms with van der Waals surface area (Å²) in [4.78, 5) is 4.87. The fraction of sp³-hybridized carbons (Fsp3) is 0.500. The van der Waals surface area contributed by atoms with E-state index in [9.17, 15) is 0 Å². The third-order valence-corrected chi connectivity index (χ3v) is 4.76. The monoisotopic (exact) mass is 302 g/mol. The Morgan fingerprint density at radius 2 is 1.81 bits per heavy atom. The van der Waals surface area contributed by atoms with E-state index in [0.717, 1.165) is 0 Å². The fourth-order valence-corrected chi connectivity index (χ4v) is 3.47. The topological polar surface area (TPSA) is 24.9 Å². The number of hydrogen-bond acceptors (Lipinski definition) is 3. The Kier molecular flexibility index (Phi) is 5.17. The predicted octanol–water partition coefficient (Wildman–Crippen LogP) is 4.97. The van der Waals surface area contributed by atoms with E-state index in [-0.39, 0.29) is 6.04 Å². The summed E-state index contributed by atoms with van der Waals surface area (Å²) < 4.78 is 0. The molecule has 3 heteroatoms. The first-order valence-electron chi connectivity index (χ1n) is 7.67. The summed E-state index contributed by atoms with van der Waals surface area (Å²) in [6.45, 7) is 13.1. The van der Waals surface area contributed by atoms with Gasteiger partial charge in [0.05, 0.1) is 11.7 Å². The quantitative estimate of drug-likeness (QED) is 0.843. The molecular formula is C18H26N2S. The average Bonchev–Trinajstić information content (AvgIpc) is 2.89. The van der Waals surface area contributed by atoms with Crippen LogP contribution in [0.15, 0.2) is 23.6 Å². The number of thiazole rings is 1. The number of aryl methyl sites for hydroxylation is 1. The SMILES string of the molecule is Cc1cccc(C(NC(C)C)c2nc(C(C)C)cs2)c1C. The van der Waals surface area contributed by atoms with Crippen molar-refractivity contribution in [3.05, 3.63) is 51.0 Å². The molecule has 1 N–H and O–H groups in total. The molecule has 0 radical (unpaired) electrons. The third-order valence-electron chi connectivity index (χ3n) is 3.84. The van der Waals surface area contributed by atoms with Crippen LogP contribution in [0.3, 0.4) is 0 Å². The summed E-state index contributed by atoms with van der Waals surface area (Å²) in [6.07, 6.45) is 0. The number of hydrogen-bond donors (Lipinski definition) is 1. The van der Waals surface area contributed by atoms with Crippen LogP contribution >= 0.6 is 11.3 Å². The van der Waals surface area contributed by atoms with Crippen LogP contribution in [0.5, 0.6) is 0 Å². The molecule has 1 unspecified atom stereocenters. The second-order valence-corrected chi connectivity index (χ2v) is 7.20. The van der Waals surface area contributed by atoms with E-state index in [1.165, 1.54) is 27.4 Å². The molecule has 0 aliphatic carbocycles. The zero-order valence-corrected chi connectivity index (χ0v) is 14.7. The van der Waals surface area contributed by atoms with Gasteiger partial charge in [0.1, 0.15) is 5.01 Å². The van der Waals surface area contributed by atoms with E-state index in [0.29, 0.717) is 12.0 Å². The van der Waals surface area contributed by atoms with Gasteiger partial charge < -0.3 is 5.32 Å². The van der Waals surface area contributed by atoms with Crippen LogP contribution in [0.4, 0.5) is 0 Å². The maximum Gasteiger partial charge on any atom is 0.114 e. The zero-order chi connectivity index (χ0) is 15.6. The number of nitrogens with one attached hydrogen (secondary N) is 1. The minimum absolute atomic E-state index is 0.183. The molecule has 0 spiro atoms. The molecular weight excluding hydrogens is 276 g/mol. The van der Waals surface area contributed by atoms with E-state index >= 15 is 0 Å². The van der Waals surface area contributed by atoms with Crippen molar-refractivity contribution >= 4 is 11.3 Å². The Balaban J connectivity index is 2.44. The molecule has 1 heterocycles. The van der Waals surface area contributed by atoms with Crippen LogP contribution in [0.2, 0.25) is 0 Å². The molecule has 0 saturated carbocycles. The van der Waals surface area contributed by atoms with Gasteiger partial charge in [0.15, 0.2) is 0 Å². The second kappa shape index (κ2) is 6.71. The Morgan fingerprint density at radius 3 is 2.38 bits per heavy atom. The smallest absolute Gasteiger partial charge is 0.114 e. The number of aromatic nitrogens is 1. The lowest BCUT2D eigenvalue weighted by molar-refractivity contribution is 0.524. The van der Waals surface area contributed by atoms with Crippen molar-refractivity contribution in [2.45, 2.75) is 59.5 Å². The van der Waals surface area contributed by atoms with Crippen LogP contribution in [0.1, 0.15) is 67.0 Å². The summed E-state index contributed by atoms with van der Waals surface area (Å²) in [6, 6.07) is 7.14. The highest BCUT2D eigenvalue weighted by Crippen LogP contribution is 2.30. The minimum Gasteiger partial charge on any atom is -0.302 e. The highest BCUT2D eigenvalue weighted by atomic mass is 32.1. The lowest BCUT2D eigenvalue weighted by atomic mass is 9.97. The first-order chi connectivity index (χ1) is 9.90. The molecule has 1 aromatic heterocycles. The molecule has 0 saturated heterocycles. The van der Waals surface area contributed by atoms with Crippen LogP contribution in [-0.2, 0) is 0 Å². The van der Waals surface area contributed by atoms with Crippen molar-refractivity contribution in [3.63, 3.8) is 0 Å². The van der Waals surface area contributed by atoms with Crippen LogP contribution in [-0.4, -0.2) is 11.0 Å². The van der Waals surface area contributed by atoms with Crippen molar-refractivity contribution in [2.24, 2.45) is 0 Å². The fourth-order valence-electron chi connectivity index (χ4n) is 2.41. The molecule has 0 amide bonds. The third kappa shape index (κ3) is 3.72. The van der Waals surface area contributed by atoms with Crippen molar-refractivity contribution in [1.82, 2.24) is 10.3 Å². The van der Waals surface area contributed by atoms with Gasteiger partial charge in [-0.2, -0.15) is 0 Å². The predicted molar refractivity (Wildman–Crippen MR) is 92.2 cm³/mol. The van der Waals surface area contributed by atoms with E-state index in [1.54, 1.807) is 11.3 Å². The van der Waals surface area contributed by atoms with Crippen molar-refractivity contribution in [1.29, 1.82) is 0 Å². The summed E-state index contributed by atoms with van der Waals surface area (Å²) >= 11 is 1.76. The molecule has 0 aliphatic heterocycles. The molecule has 114 valence electrons. The van der Waals surface area contributed by atoms with Crippen LogP contribution in [0.25, 0.3) is 0 Å². The Hall–Kier alpha value is -1.19. The molecule has 2 nitrogen and oxygen atoms in total. The first-order valence-corrected chi connectivity index (χ1v) is 8.55. The Morgan fingerprint density at radius 1 is 1.10 bits per heavy atom. The van der Waals surface area contributed by atoms with Crippen molar-refractivity contribution in [2.75, 3.05) is 0 Å². The highest BCUT2D eigenvalue weighted by Gasteiger charge is 2.21. The van der Waals surface area contributed by atoms with Crippen molar-refractivity contribution < 1.29 is 0 Å². The van der Waals surface area contributed by atoms with Gasteiger partial charge in [-0.3, -0.25) is 0 Å². The van der Waals surface area contributed by atoms with E-state index in [4.69, 9.17) is 4.98 Å². The Labute approximate surface area is 132 Å². The number of benzene rings is 1. The van der Waals surface area contributed by atoms with E-state index < -0.39 is 0 Å². The lowest BCUT2D eigenvalue weighted by Crippen LogP contribution is -2.29. The van der Waals surface area contributed by atoms with Gasteiger partial charge in [0.2, 0.25) is 0 Å². The maximum atomic E-state index is 4.87. The van der Waals surface area contributed by atoms with Gasteiger partial charge in [0, 0.05) is 11.4 Å². The standard InChI is InChI=1S/C18H26N2S/c1-11(2)16-10-21-18(20-16)17(19-12(3)4)15-9-7-8-13(5)14(15)6/h7-12,17,19H,1-6H3. The molecule has 1 atom stereocenters. The van der Waals surface area contributed by atoms with Crippen LogP contribution in [0, 0.1) is 13.8 Å². The van der Waals surface area contributed by atoms with Gasteiger partial charge in [-0.15, -0.1) is 11.3 Å². The van der Waals surface area contributed by atoms with Gasteiger partial charge in [-0.25, -0.2) is 4.98 Å². The van der Waals surface area contributed by atoms with Gasteiger partial charge in [0.25, 0.3) is 0 Å². The number of rotatable bonds is 5. The summed E-state index contributed by atoms with van der Waals surface area (Å²) in [5.41, 5.74) is 5.23.